The lowest BCUT2D eigenvalue weighted by atomic mass is 10.2. The van der Waals surface area contributed by atoms with Crippen molar-refractivity contribution in [3.05, 3.63) is 49.4 Å². The Kier molecular flexibility index (Phi) is 10.9. The van der Waals surface area contributed by atoms with Gasteiger partial charge in [-0.1, -0.05) is 39.7 Å². The van der Waals surface area contributed by atoms with E-state index in [-0.39, 0.29) is 0 Å². The van der Waals surface area contributed by atoms with Crippen molar-refractivity contribution in [1.29, 1.82) is 0 Å². The highest BCUT2D eigenvalue weighted by molar-refractivity contribution is 5.28. The van der Waals surface area contributed by atoms with Gasteiger partial charge in [0.25, 0.3) is 0 Å². The molecule has 12 heavy (non-hydrogen) atoms. The average Bonchev–Trinajstić information content (AvgIpc) is 2.08. The Labute approximate surface area is 76.2 Å². The third-order valence-corrected chi connectivity index (χ3v) is 1.00. The lowest BCUT2D eigenvalue weighted by Crippen LogP contribution is -2.03. The highest BCUT2D eigenvalue weighted by Gasteiger charge is 1.89. The van der Waals surface area contributed by atoms with Crippen LogP contribution in [-0.4, -0.2) is 0 Å². The van der Waals surface area contributed by atoms with Gasteiger partial charge in [0.1, 0.15) is 0 Å². The molecule has 0 aliphatic carbocycles. The van der Waals surface area contributed by atoms with Gasteiger partial charge in [0.2, 0.25) is 0 Å². The monoisotopic (exact) mass is 165 g/mol. The zero-order valence-electron chi connectivity index (χ0n) is 8.35. The molecule has 0 saturated carbocycles. The predicted octanol–water partition coefficient (Wildman–Crippen LogP) is 3.39. The molecule has 0 aromatic rings. The van der Waals surface area contributed by atoms with Crippen molar-refractivity contribution in [2.45, 2.75) is 20.8 Å². The maximum absolute atomic E-state index is 3.77. The molecule has 0 aromatic carbocycles. The van der Waals surface area contributed by atoms with E-state index in [0.717, 1.165) is 11.3 Å². The summed E-state index contributed by atoms with van der Waals surface area (Å²) in [5.74, 6) is 0. The van der Waals surface area contributed by atoms with E-state index in [0.29, 0.717) is 0 Å². The molecular weight excluding hydrogens is 146 g/mol. The summed E-state index contributed by atoms with van der Waals surface area (Å²) in [5, 5.41) is 2.94. The number of rotatable bonds is 4. The van der Waals surface area contributed by atoms with Crippen LogP contribution in [0.3, 0.4) is 0 Å². The zero-order valence-corrected chi connectivity index (χ0v) is 8.35. The first-order chi connectivity index (χ1) is 5.72. The van der Waals surface area contributed by atoms with Gasteiger partial charge >= 0.3 is 0 Å². The Morgan fingerprint density at radius 2 is 1.75 bits per heavy atom. The van der Waals surface area contributed by atoms with Crippen molar-refractivity contribution in [2.24, 2.45) is 0 Å². The Balaban J connectivity index is 0. The van der Waals surface area contributed by atoms with Crippen LogP contribution in [0.2, 0.25) is 0 Å². The van der Waals surface area contributed by atoms with Crippen molar-refractivity contribution in [3.63, 3.8) is 0 Å². The van der Waals surface area contributed by atoms with Gasteiger partial charge in [-0.2, -0.15) is 0 Å². The lowest BCUT2D eigenvalue weighted by Gasteiger charge is -2.03. The minimum atomic E-state index is 0.949. The Hall–Kier alpha value is -1.24. The van der Waals surface area contributed by atoms with Crippen molar-refractivity contribution in [2.75, 3.05) is 0 Å². The summed E-state index contributed by atoms with van der Waals surface area (Å²) in [6, 6.07) is 0. The molecule has 0 aromatic heterocycles. The standard InChI is InChI=1S/C9H13N.C2H6/c1-5-7-9(8(3)4)10-6-2;1-2/h5-7,10H,1-3H2,4H3;1-2H3/b9-7+;. The van der Waals surface area contributed by atoms with Gasteiger partial charge in [-0.15, -0.1) is 0 Å². The molecule has 68 valence electrons. The number of nitrogens with one attached hydrogen (secondary N) is 1. The van der Waals surface area contributed by atoms with E-state index in [1.54, 1.807) is 12.3 Å². The molecule has 1 heteroatoms. The first kappa shape index (κ1) is 13.4. The fraction of sp³-hybridized carbons (Fsp3) is 0.273. The van der Waals surface area contributed by atoms with Gasteiger partial charge < -0.3 is 5.32 Å². The van der Waals surface area contributed by atoms with Crippen LogP contribution < -0.4 is 5.32 Å². The fourth-order valence-corrected chi connectivity index (χ4v) is 0.541. The molecule has 0 atom stereocenters. The van der Waals surface area contributed by atoms with E-state index in [4.69, 9.17) is 0 Å². The van der Waals surface area contributed by atoms with Gasteiger partial charge in [-0.05, 0) is 24.8 Å². The molecule has 0 bridgehead atoms. The molecule has 0 spiro atoms. The highest BCUT2D eigenvalue weighted by atomic mass is 14.8. The van der Waals surface area contributed by atoms with Gasteiger partial charge in [0.15, 0.2) is 0 Å². The number of allylic oxidation sites excluding steroid dienone is 3. The van der Waals surface area contributed by atoms with Crippen molar-refractivity contribution < 1.29 is 0 Å². The van der Waals surface area contributed by atoms with Crippen LogP contribution >= 0.6 is 0 Å². The quantitative estimate of drug-likeness (QED) is 0.630. The van der Waals surface area contributed by atoms with Gasteiger partial charge in [-0.3, -0.25) is 0 Å². The Morgan fingerprint density at radius 1 is 1.25 bits per heavy atom. The summed E-state index contributed by atoms with van der Waals surface area (Å²) < 4.78 is 0. The molecular formula is C11H19N. The largest absolute Gasteiger partial charge is 0.362 e. The molecule has 0 aliphatic heterocycles. The molecule has 0 heterocycles. The number of hydrogen-bond donors (Lipinski definition) is 1. The summed E-state index contributed by atoms with van der Waals surface area (Å²) in [6.45, 7) is 16.8. The Morgan fingerprint density at radius 3 is 2.00 bits per heavy atom. The van der Waals surface area contributed by atoms with E-state index in [1.165, 1.54) is 0 Å². The van der Waals surface area contributed by atoms with Crippen LogP contribution in [0.4, 0.5) is 0 Å². The second-order valence-corrected chi connectivity index (χ2v) is 1.94. The van der Waals surface area contributed by atoms with Gasteiger partial charge in [-0.25, -0.2) is 0 Å². The minimum absolute atomic E-state index is 0.949. The van der Waals surface area contributed by atoms with Crippen LogP contribution in [0, 0.1) is 0 Å². The molecule has 0 radical (unpaired) electrons. The van der Waals surface area contributed by atoms with Gasteiger partial charge in [0, 0.05) is 5.70 Å². The molecule has 0 aliphatic rings. The van der Waals surface area contributed by atoms with E-state index < -0.39 is 0 Å². The molecule has 1 nitrogen and oxygen atoms in total. The number of hydrogen-bond acceptors (Lipinski definition) is 1. The fourth-order valence-electron chi connectivity index (χ4n) is 0.541. The third kappa shape index (κ3) is 6.87. The summed E-state index contributed by atoms with van der Waals surface area (Å²) >= 11 is 0. The molecule has 0 fully saturated rings. The highest BCUT2D eigenvalue weighted by Crippen LogP contribution is 2.01. The van der Waals surface area contributed by atoms with Crippen molar-refractivity contribution in [1.82, 2.24) is 5.32 Å². The van der Waals surface area contributed by atoms with E-state index in [1.807, 2.05) is 26.8 Å². The zero-order chi connectivity index (χ0) is 9.98. The summed E-state index contributed by atoms with van der Waals surface area (Å²) in [5.41, 5.74) is 1.92. The molecule has 1 N–H and O–H groups in total. The van der Waals surface area contributed by atoms with Crippen LogP contribution in [0.1, 0.15) is 20.8 Å². The van der Waals surface area contributed by atoms with Crippen LogP contribution in [0.25, 0.3) is 0 Å². The lowest BCUT2D eigenvalue weighted by molar-refractivity contribution is 1.08. The summed E-state index contributed by atoms with van der Waals surface area (Å²) in [6.07, 6.45) is 5.18. The van der Waals surface area contributed by atoms with E-state index >= 15 is 0 Å². The van der Waals surface area contributed by atoms with Gasteiger partial charge in [0.05, 0.1) is 0 Å². The molecule has 0 unspecified atom stereocenters. The van der Waals surface area contributed by atoms with E-state index in [9.17, 15) is 0 Å². The van der Waals surface area contributed by atoms with E-state index in [2.05, 4.69) is 25.1 Å². The smallest absolute Gasteiger partial charge is 0.0403 e. The average molecular weight is 165 g/mol. The van der Waals surface area contributed by atoms with Crippen molar-refractivity contribution in [3.8, 4) is 0 Å². The van der Waals surface area contributed by atoms with Crippen molar-refractivity contribution >= 4 is 0 Å². The molecule has 0 rings (SSSR count). The Bertz CT molecular complexity index is 175. The SMILES string of the molecule is C=C/C=C(/NC=C)C(=C)C.CC. The van der Waals surface area contributed by atoms with Crippen LogP contribution in [0.15, 0.2) is 49.4 Å². The third-order valence-electron chi connectivity index (χ3n) is 1.00. The second kappa shape index (κ2) is 9.76. The normalized spacial score (nSPS) is 9.08. The first-order valence-electron chi connectivity index (χ1n) is 4.08. The second-order valence-electron chi connectivity index (χ2n) is 1.94. The molecule has 0 saturated heterocycles. The minimum Gasteiger partial charge on any atom is -0.362 e. The maximum Gasteiger partial charge on any atom is 0.0403 e. The van der Waals surface area contributed by atoms with Crippen LogP contribution in [0.5, 0.6) is 0 Å². The topological polar surface area (TPSA) is 12.0 Å². The molecule has 0 amide bonds. The summed E-state index contributed by atoms with van der Waals surface area (Å²) in [4.78, 5) is 0. The maximum atomic E-state index is 3.77. The van der Waals surface area contributed by atoms with Crippen LogP contribution in [-0.2, 0) is 0 Å². The predicted molar refractivity (Wildman–Crippen MR) is 57.8 cm³/mol. The first-order valence-corrected chi connectivity index (χ1v) is 4.08. The summed E-state index contributed by atoms with van der Waals surface area (Å²) in [7, 11) is 0.